The Balaban J connectivity index is 0. The topological polar surface area (TPSA) is 134 Å². The molecule has 0 heterocycles. The molecule has 0 saturated carbocycles. The predicted octanol–water partition coefficient (Wildman–Crippen LogP) is 2.28. The molecule has 0 fully saturated rings. The van der Waals surface area contributed by atoms with Crippen molar-refractivity contribution in [3.05, 3.63) is 0 Å². The van der Waals surface area contributed by atoms with Crippen molar-refractivity contribution in [2.75, 3.05) is 13.2 Å². The van der Waals surface area contributed by atoms with Gasteiger partial charge in [0.15, 0.2) is 0 Å². The third-order valence-corrected chi connectivity index (χ3v) is 2.98. The fourth-order valence-corrected chi connectivity index (χ4v) is 1.91. The van der Waals surface area contributed by atoms with Crippen molar-refractivity contribution in [1.29, 1.82) is 0 Å². The van der Waals surface area contributed by atoms with Gasteiger partial charge in [0.05, 0.1) is 13.2 Å². The molecule has 0 radical (unpaired) electrons. The monoisotopic (exact) mass is 336 g/mol. The van der Waals surface area contributed by atoms with Gasteiger partial charge in [0.1, 0.15) is 0 Å². The maximum absolute atomic E-state index is 9.63. The minimum absolute atomic E-state index is 0.297. The molecule has 0 amide bonds. The summed E-state index contributed by atoms with van der Waals surface area (Å²) in [7, 11) is -10.1. The summed E-state index contributed by atoms with van der Waals surface area (Å²) in [6, 6.07) is 0. The lowest BCUT2D eigenvalue weighted by Crippen LogP contribution is -2.21. The van der Waals surface area contributed by atoms with Crippen LogP contribution in [-0.2, 0) is 18.2 Å². The van der Waals surface area contributed by atoms with Crippen molar-refractivity contribution in [3.8, 4) is 0 Å². The second-order valence-corrected chi connectivity index (χ2v) is 9.29. The summed E-state index contributed by atoms with van der Waals surface area (Å²) in [5.74, 6) is 0. The zero-order valence-electron chi connectivity index (χ0n) is 12.7. The summed E-state index contributed by atoms with van der Waals surface area (Å²) >= 11 is 0. The molecule has 0 unspecified atom stereocenters. The van der Waals surface area contributed by atoms with E-state index < -0.39 is 15.6 Å². The first-order chi connectivity index (χ1) is 8.41. The Morgan fingerprint density at radius 2 is 1.00 bits per heavy atom. The minimum Gasteiger partial charge on any atom is -0.380 e. The molecule has 0 aliphatic carbocycles. The molecule has 4 N–H and O–H groups in total. The molecule has 20 heavy (non-hydrogen) atoms. The van der Waals surface area contributed by atoms with Crippen molar-refractivity contribution in [1.82, 2.24) is 0 Å². The van der Waals surface area contributed by atoms with E-state index in [2.05, 4.69) is 45.9 Å². The van der Waals surface area contributed by atoms with Gasteiger partial charge in [-0.3, -0.25) is 0 Å². The number of hydrogen-bond acceptors (Lipinski definition) is 4. The second-order valence-electron chi connectivity index (χ2n) is 6.68. The van der Waals surface area contributed by atoms with Crippen molar-refractivity contribution in [2.24, 2.45) is 10.8 Å². The molecule has 8 nitrogen and oxygen atoms in total. The number of ether oxygens (including phenoxy) is 1. The number of rotatable bonds is 4. The zero-order valence-corrected chi connectivity index (χ0v) is 14.5. The Morgan fingerprint density at radius 1 is 0.750 bits per heavy atom. The third-order valence-electron chi connectivity index (χ3n) is 1.28. The van der Waals surface area contributed by atoms with Crippen molar-refractivity contribution < 1.29 is 37.8 Å². The summed E-state index contributed by atoms with van der Waals surface area (Å²) in [5, 5.41) is 0. The molecule has 0 aliphatic rings. The summed E-state index contributed by atoms with van der Waals surface area (Å²) in [5.41, 5.74) is 0.594. The summed E-state index contributed by atoms with van der Waals surface area (Å²) in [6.07, 6.45) is 0. The first-order valence-corrected chi connectivity index (χ1v) is 8.88. The van der Waals surface area contributed by atoms with Crippen LogP contribution in [0.4, 0.5) is 0 Å². The van der Waals surface area contributed by atoms with Gasteiger partial charge in [0, 0.05) is 0 Å². The Hall–Kier alpha value is 0.220. The second kappa shape index (κ2) is 8.01. The fraction of sp³-hybridized carbons (Fsp3) is 1.00. The number of phosphoric acid groups is 2. The highest BCUT2D eigenvalue weighted by Crippen LogP contribution is 2.53. The third kappa shape index (κ3) is 26.7. The normalized spacial score (nSPS) is 13.7. The van der Waals surface area contributed by atoms with Crippen LogP contribution in [0.5, 0.6) is 0 Å². The van der Waals surface area contributed by atoms with Gasteiger partial charge in [-0.1, -0.05) is 41.5 Å². The van der Waals surface area contributed by atoms with Crippen LogP contribution in [0, 0.1) is 10.8 Å². The van der Waals surface area contributed by atoms with Crippen molar-refractivity contribution in [3.63, 3.8) is 0 Å². The van der Waals surface area contributed by atoms with Crippen LogP contribution >= 0.6 is 15.6 Å². The molecule has 0 aromatic heterocycles. The quantitative estimate of drug-likeness (QED) is 0.575. The van der Waals surface area contributed by atoms with Gasteiger partial charge in [-0.25, -0.2) is 9.13 Å². The standard InChI is InChI=1S/C10H22O.H4O7P2/c1-9(2,3)7-11-8-10(4,5)6;1-8(2,3)7-9(4,5)6/h7-8H2,1-6H3;(H2,1,2,3)(H2,4,5,6). The Morgan fingerprint density at radius 3 is 1.10 bits per heavy atom. The Kier molecular flexibility index (Phi) is 9.01. The molecule has 0 rings (SSSR count). The van der Waals surface area contributed by atoms with Crippen molar-refractivity contribution in [2.45, 2.75) is 41.5 Å². The maximum Gasteiger partial charge on any atom is 0.478 e. The smallest absolute Gasteiger partial charge is 0.380 e. The van der Waals surface area contributed by atoms with Crippen LogP contribution in [0.2, 0.25) is 0 Å². The van der Waals surface area contributed by atoms with Gasteiger partial charge in [-0.2, -0.15) is 4.31 Å². The van der Waals surface area contributed by atoms with E-state index in [0.29, 0.717) is 10.8 Å². The molecule has 0 saturated heterocycles. The van der Waals surface area contributed by atoms with E-state index in [1.807, 2.05) is 0 Å². The highest BCUT2D eigenvalue weighted by atomic mass is 31.3. The highest BCUT2D eigenvalue weighted by molar-refractivity contribution is 7.60. The van der Waals surface area contributed by atoms with E-state index in [4.69, 9.17) is 24.3 Å². The largest absolute Gasteiger partial charge is 0.478 e. The van der Waals surface area contributed by atoms with Crippen LogP contribution in [0.3, 0.4) is 0 Å². The van der Waals surface area contributed by atoms with Crippen LogP contribution in [0.15, 0.2) is 0 Å². The SMILES string of the molecule is CC(C)(C)COCC(C)(C)C.O=P(O)(O)OP(=O)(O)O. The highest BCUT2D eigenvalue weighted by Gasteiger charge is 2.27. The van der Waals surface area contributed by atoms with Crippen molar-refractivity contribution >= 4 is 15.6 Å². The molecule has 0 spiro atoms. The van der Waals surface area contributed by atoms with E-state index in [1.54, 1.807) is 0 Å². The summed E-state index contributed by atoms with van der Waals surface area (Å²) in [4.78, 5) is 31.0. The van der Waals surface area contributed by atoms with Crippen LogP contribution < -0.4 is 0 Å². The lowest BCUT2D eigenvalue weighted by Gasteiger charge is -2.23. The van der Waals surface area contributed by atoms with Gasteiger partial charge in [-0.05, 0) is 10.8 Å². The molecule has 124 valence electrons. The first-order valence-electron chi connectivity index (χ1n) is 5.81. The lowest BCUT2D eigenvalue weighted by molar-refractivity contribution is 0.0275. The average molecular weight is 336 g/mol. The van der Waals surface area contributed by atoms with Crippen LogP contribution in [-0.4, -0.2) is 32.8 Å². The molecule has 0 aliphatic heterocycles. The van der Waals surface area contributed by atoms with Gasteiger partial charge in [0.25, 0.3) is 0 Å². The van der Waals surface area contributed by atoms with Gasteiger partial charge in [-0.15, -0.1) is 0 Å². The Bertz CT molecular complexity index is 322. The van der Waals surface area contributed by atoms with Gasteiger partial charge >= 0.3 is 15.6 Å². The van der Waals surface area contributed by atoms with E-state index in [0.717, 1.165) is 13.2 Å². The van der Waals surface area contributed by atoms with E-state index in [-0.39, 0.29) is 0 Å². The average Bonchev–Trinajstić information content (AvgIpc) is 1.90. The molecule has 10 heteroatoms. The van der Waals surface area contributed by atoms with E-state index in [9.17, 15) is 9.13 Å². The zero-order chi connectivity index (χ0) is 16.8. The van der Waals surface area contributed by atoms with E-state index >= 15 is 0 Å². The molecular weight excluding hydrogens is 310 g/mol. The van der Waals surface area contributed by atoms with E-state index in [1.165, 1.54) is 0 Å². The van der Waals surface area contributed by atoms with Gasteiger partial charge < -0.3 is 24.3 Å². The number of hydrogen-bond donors (Lipinski definition) is 4. The maximum atomic E-state index is 9.63. The molecule has 0 aromatic rings. The summed E-state index contributed by atoms with van der Waals surface area (Å²) in [6.45, 7) is 14.8. The predicted molar refractivity (Wildman–Crippen MR) is 74.9 cm³/mol. The first kappa shape index (κ1) is 22.5. The lowest BCUT2D eigenvalue weighted by atomic mass is 9.97. The minimum atomic E-state index is -5.05. The molecule has 0 aromatic carbocycles. The fourth-order valence-electron chi connectivity index (χ4n) is 0.802. The summed E-state index contributed by atoms with van der Waals surface area (Å²) < 4.78 is 27.8. The molecule has 0 atom stereocenters. The van der Waals surface area contributed by atoms with Gasteiger partial charge in [0.2, 0.25) is 0 Å². The Labute approximate surface area is 120 Å². The van der Waals surface area contributed by atoms with Crippen LogP contribution in [0.25, 0.3) is 0 Å². The molecule has 0 bridgehead atoms. The molecular formula is C10H26O8P2. The van der Waals surface area contributed by atoms with Crippen LogP contribution in [0.1, 0.15) is 41.5 Å².